The molecule has 2 rings (SSSR count). The van der Waals surface area contributed by atoms with E-state index in [1.807, 2.05) is 11.5 Å². The van der Waals surface area contributed by atoms with Crippen molar-refractivity contribution in [2.24, 2.45) is 0 Å². The van der Waals surface area contributed by atoms with E-state index in [4.69, 9.17) is 0 Å². The maximum atomic E-state index is 12.8. The Bertz CT molecular complexity index is 610. The third-order valence-corrected chi connectivity index (χ3v) is 4.22. The van der Waals surface area contributed by atoms with Crippen LogP contribution in [0.15, 0.2) is 29.4 Å². The quantitative estimate of drug-likeness (QED) is 0.446. The molecule has 0 aliphatic carbocycles. The van der Waals surface area contributed by atoms with Gasteiger partial charge in [-0.25, -0.2) is 4.39 Å². The van der Waals surface area contributed by atoms with E-state index in [1.54, 1.807) is 11.8 Å². The maximum Gasteiger partial charge on any atom is 0.191 e. The van der Waals surface area contributed by atoms with Crippen molar-refractivity contribution in [3.05, 3.63) is 41.5 Å². The number of Topliss-reactive ketones (excluding diaryl/α,β-unsaturated/α-hetero) is 1. The summed E-state index contributed by atoms with van der Waals surface area (Å²) in [7, 11) is 0. The zero-order valence-corrected chi connectivity index (χ0v) is 13.0. The van der Waals surface area contributed by atoms with Gasteiger partial charge in [0.2, 0.25) is 0 Å². The number of nitrogens with zero attached hydrogens (tertiary/aromatic N) is 3. The number of ketones is 1. The number of aryl methyl sites for hydroxylation is 1. The molecular formula is C15H18FN3OS. The predicted molar refractivity (Wildman–Crippen MR) is 81.1 cm³/mol. The van der Waals surface area contributed by atoms with E-state index in [0.29, 0.717) is 12.0 Å². The van der Waals surface area contributed by atoms with Gasteiger partial charge in [-0.15, -0.1) is 10.2 Å². The molecule has 1 aromatic carbocycles. The standard InChI is InChI=1S/C15H18FN3OS/c1-3-19-11(2)17-18-15(19)21-10-4-5-14(20)12-6-8-13(16)9-7-12/h6-9H,3-5,10H2,1-2H3. The van der Waals surface area contributed by atoms with Gasteiger partial charge in [-0.3, -0.25) is 4.79 Å². The summed E-state index contributed by atoms with van der Waals surface area (Å²) in [4.78, 5) is 11.9. The fourth-order valence-electron chi connectivity index (χ4n) is 2.01. The number of hydrogen-bond acceptors (Lipinski definition) is 4. The Hall–Kier alpha value is -1.69. The lowest BCUT2D eigenvalue weighted by Crippen LogP contribution is -2.01. The molecule has 0 aliphatic heterocycles. The summed E-state index contributed by atoms with van der Waals surface area (Å²) in [5.74, 6) is 1.44. The van der Waals surface area contributed by atoms with Gasteiger partial charge in [-0.05, 0) is 44.5 Å². The highest BCUT2D eigenvalue weighted by molar-refractivity contribution is 7.99. The van der Waals surface area contributed by atoms with Crippen LogP contribution in [0.3, 0.4) is 0 Å². The van der Waals surface area contributed by atoms with Gasteiger partial charge in [-0.1, -0.05) is 11.8 Å². The number of carbonyl (C=O) groups excluding carboxylic acids is 1. The van der Waals surface area contributed by atoms with E-state index in [1.165, 1.54) is 24.3 Å². The van der Waals surface area contributed by atoms with Crippen LogP contribution >= 0.6 is 11.8 Å². The van der Waals surface area contributed by atoms with E-state index < -0.39 is 0 Å². The van der Waals surface area contributed by atoms with E-state index in [0.717, 1.165) is 29.7 Å². The van der Waals surface area contributed by atoms with Crippen LogP contribution in [0.2, 0.25) is 0 Å². The van der Waals surface area contributed by atoms with E-state index in [-0.39, 0.29) is 11.6 Å². The van der Waals surface area contributed by atoms with Crippen molar-refractivity contribution in [2.45, 2.75) is 38.4 Å². The lowest BCUT2D eigenvalue weighted by Gasteiger charge is -2.04. The van der Waals surface area contributed by atoms with Crippen LogP contribution in [0.1, 0.15) is 35.9 Å². The van der Waals surface area contributed by atoms with Gasteiger partial charge in [-0.2, -0.15) is 0 Å². The van der Waals surface area contributed by atoms with Gasteiger partial charge in [0.05, 0.1) is 0 Å². The third-order valence-electron chi connectivity index (χ3n) is 3.16. The van der Waals surface area contributed by atoms with Crippen LogP contribution in [-0.2, 0) is 6.54 Å². The molecule has 0 bridgehead atoms. The summed E-state index contributed by atoms with van der Waals surface area (Å²) in [5, 5.41) is 9.06. The molecule has 0 N–H and O–H groups in total. The summed E-state index contributed by atoms with van der Waals surface area (Å²) in [6, 6.07) is 5.69. The van der Waals surface area contributed by atoms with Crippen LogP contribution in [0.5, 0.6) is 0 Å². The molecule has 0 radical (unpaired) electrons. The van der Waals surface area contributed by atoms with Crippen molar-refractivity contribution in [3.8, 4) is 0 Å². The molecule has 1 aromatic heterocycles. The highest BCUT2D eigenvalue weighted by Gasteiger charge is 2.09. The number of thioether (sulfide) groups is 1. The van der Waals surface area contributed by atoms with E-state index >= 15 is 0 Å². The minimum Gasteiger partial charge on any atom is -0.307 e. The number of halogens is 1. The zero-order valence-electron chi connectivity index (χ0n) is 12.2. The first-order chi connectivity index (χ1) is 10.1. The third kappa shape index (κ3) is 4.14. The van der Waals surface area contributed by atoms with E-state index in [2.05, 4.69) is 17.1 Å². The first kappa shape index (κ1) is 15.7. The Balaban J connectivity index is 1.79. The molecule has 0 unspecified atom stereocenters. The monoisotopic (exact) mass is 307 g/mol. The van der Waals surface area contributed by atoms with E-state index in [9.17, 15) is 9.18 Å². The number of aromatic nitrogens is 3. The second kappa shape index (κ2) is 7.36. The average molecular weight is 307 g/mol. The summed E-state index contributed by atoms with van der Waals surface area (Å²) in [6.45, 7) is 4.83. The lowest BCUT2D eigenvalue weighted by molar-refractivity contribution is 0.0982. The Morgan fingerprint density at radius 2 is 2.00 bits per heavy atom. The molecule has 4 nitrogen and oxygen atoms in total. The molecular weight excluding hydrogens is 289 g/mol. The highest BCUT2D eigenvalue weighted by atomic mass is 32.2. The SMILES string of the molecule is CCn1c(C)nnc1SCCCC(=O)c1ccc(F)cc1. The molecule has 2 aromatic rings. The number of carbonyl (C=O) groups is 1. The second-order valence-corrected chi connectivity index (χ2v) is 5.72. The number of benzene rings is 1. The minimum absolute atomic E-state index is 0.0451. The highest BCUT2D eigenvalue weighted by Crippen LogP contribution is 2.18. The summed E-state index contributed by atoms with van der Waals surface area (Å²) < 4.78 is 14.8. The van der Waals surface area contributed by atoms with Crippen molar-refractivity contribution < 1.29 is 9.18 Å². The smallest absolute Gasteiger partial charge is 0.191 e. The molecule has 21 heavy (non-hydrogen) atoms. The summed E-state index contributed by atoms with van der Waals surface area (Å²) in [6.07, 6.45) is 1.22. The minimum atomic E-state index is -0.323. The molecule has 0 amide bonds. The Morgan fingerprint density at radius 1 is 1.29 bits per heavy atom. The first-order valence-electron chi connectivity index (χ1n) is 6.93. The zero-order chi connectivity index (χ0) is 15.2. The molecule has 0 atom stereocenters. The van der Waals surface area contributed by atoms with Crippen molar-refractivity contribution in [1.82, 2.24) is 14.8 Å². The fraction of sp³-hybridized carbons (Fsp3) is 0.400. The maximum absolute atomic E-state index is 12.8. The Morgan fingerprint density at radius 3 is 2.67 bits per heavy atom. The Kier molecular flexibility index (Phi) is 5.50. The number of hydrogen-bond donors (Lipinski definition) is 0. The molecule has 0 spiro atoms. The van der Waals surface area contributed by atoms with Gasteiger partial charge in [0.15, 0.2) is 10.9 Å². The Labute approximate surface area is 127 Å². The van der Waals surface area contributed by atoms with Crippen LogP contribution in [0, 0.1) is 12.7 Å². The van der Waals surface area contributed by atoms with Gasteiger partial charge >= 0.3 is 0 Å². The summed E-state index contributed by atoms with van der Waals surface area (Å²) in [5.41, 5.74) is 0.564. The topological polar surface area (TPSA) is 47.8 Å². The van der Waals surface area contributed by atoms with Crippen LogP contribution in [0.25, 0.3) is 0 Å². The molecule has 0 fully saturated rings. The molecule has 6 heteroatoms. The predicted octanol–water partition coefficient (Wildman–Crippen LogP) is 3.50. The van der Waals surface area contributed by atoms with Gasteiger partial charge in [0, 0.05) is 24.3 Å². The van der Waals surface area contributed by atoms with Crippen molar-refractivity contribution in [3.63, 3.8) is 0 Å². The molecule has 0 saturated carbocycles. The van der Waals surface area contributed by atoms with Crippen molar-refractivity contribution in [2.75, 3.05) is 5.75 Å². The lowest BCUT2D eigenvalue weighted by atomic mass is 10.1. The molecule has 0 aliphatic rings. The molecule has 112 valence electrons. The second-order valence-electron chi connectivity index (χ2n) is 4.66. The van der Waals surface area contributed by atoms with Crippen LogP contribution in [0.4, 0.5) is 4.39 Å². The average Bonchev–Trinajstić information content (AvgIpc) is 2.84. The molecule has 0 saturated heterocycles. The van der Waals surface area contributed by atoms with Crippen LogP contribution in [-0.4, -0.2) is 26.3 Å². The van der Waals surface area contributed by atoms with Crippen LogP contribution < -0.4 is 0 Å². The van der Waals surface area contributed by atoms with Gasteiger partial charge in [0.1, 0.15) is 11.6 Å². The van der Waals surface area contributed by atoms with Gasteiger partial charge < -0.3 is 4.57 Å². The number of rotatable bonds is 7. The first-order valence-corrected chi connectivity index (χ1v) is 7.91. The van der Waals surface area contributed by atoms with Gasteiger partial charge in [0.25, 0.3) is 0 Å². The fourth-order valence-corrected chi connectivity index (χ4v) is 3.00. The molecule has 1 heterocycles. The van der Waals surface area contributed by atoms with Crippen molar-refractivity contribution in [1.29, 1.82) is 0 Å². The van der Waals surface area contributed by atoms with Crippen molar-refractivity contribution >= 4 is 17.5 Å². The largest absolute Gasteiger partial charge is 0.307 e. The summed E-state index contributed by atoms with van der Waals surface area (Å²) >= 11 is 1.61. The normalized spacial score (nSPS) is 10.8.